The first-order valence-corrected chi connectivity index (χ1v) is 20.5. The van der Waals surface area contributed by atoms with Gasteiger partial charge in [0.1, 0.15) is 11.2 Å². The van der Waals surface area contributed by atoms with Gasteiger partial charge >= 0.3 is 6.85 Å². The average molecular weight is 749 g/mol. The maximum absolute atomic E-state index is 6.72. The number of nitrogens with zero attached hydrogens (tertiary/aromatic N) is 2. The molecule has 0 saturated carbocycles. The van der Waals surface area contributed by atoms with Gasteiger partial charge in [-0.15, -0.1) is 0 Å². The Morgan fingerprint density at radius 1 is 0.466 bits per heavy atom. The van der Waals surface area contributed by atoms with E-state index >= 15 is 0 Å². The van der Waals surface area contributed by atoms with Gasteiger partial charge in [0.15, 0.2) is 0 Å². The van der Waals surface area contributed by atoms with E-state index in [1.807, 2.05) is 0 Å². The monoisotopic (exact) mass is 748 g/mol. The summed E-state index contributed by atoms with van der Waals surface area (Å²) in [6, 6.07) is 60.9. The van der Waals surface area contributed by atoms with E-state index in [0.29, 0.717) is 0 Å². The number of hydrogen-bond donors (Lipinski definition) is 0. The van der Waals surface area contributed by atoms with Crippen LogP contribution in [0.2, 0.25) is 0 Å². The van der Waals surface area contributed by atoms with E-state index in [2.05, 4.69) is 215 Å². The van der Waals surface area contributed by atoms with Crippen LogP contribution in [0.3, 0.4) is 0 Å². The molecule has 0 aliphatic carbocycles. The molecule has 2 aliphatic rings. The number of fused-ring (bicyclic) bond motifs is 9. The van der Waals surface area contributed by atoms with Crippen LogP contribution >= 0.6 is 0 Å². The number of para-hydroxylation sites is 2. The first-order chi connectivity index (χ1) is 28.0. The molecule has 0 spiro atoms. The Labute approximate surface area is 341 Å². The molecule has 2 aliphatic heterocycles. The molecule has 0 saturated heterocycles. The summed E-state index contributed by atoms with van der Waals surface area (Å²) in [5.74, 6) is 0. The standard InChI is InChI=1S/C54H45BN2O/c1-53(2,3)36-24-27-38(28-25-36)57-46-22-14-12-21-41(46)51-39-19-11-10-18-35(39)30-48-52(51)55(57)44-32-43-40-20-13-15-23-49(40)58-50(43)33-47(44)56(48)45-29-26-37(54(4,5)6)31-42(45)34-16-8-7-9-17-34/h7-33H,1-6H3. The lowest BCUT2D eigenvalue weighted by Crippen LogP contribution is -2.61. The Bertz CT molecular complexity index is 3090. The molecular weight excluding hydrogens is 703 g/mol. The second-order valence-electron chi connectivity index (χ2n) is 18.2. The van der Waals surface area contributed by atoms with Crippen LogP contribution in [0.15, 0.2) is 168 Å². The van der Waals surface area contributed by atoms with E-state index in [1.54, 1.807) is 0 Å². The molecule has 3 heterocycles. The summed E-state index contributed by atoms with van der Waals surface area (Å²) in [6.07, 6.45) is 0. The average Bonchev–Trinajstić information content (AvgIpc) is 3.60. The minimum Gasteiger partial charge on any atom is -0.456 e. The third-order valence-corrected chi connectivity index (χ3v) is 12.5. The molecule has 1 aromatic heterocycles. The van der Waals surface area contributed by atoms with Crippen molar-refractivity contribution in [2.75, 3.05) is 9.71 Å². The van der Waals surface area contributed by atoms with Crippen molar-refractivity contribution in [2.24, 2.45) is 0 Å². The lowest BCUT2D eigenvalue weighted by atomic mass is 9.43. The smallest absolute Gasteiger partial charge is 0.333 e. The van der Waals surface area contributed by atoms with Crippen molar-refractivity contribution < 1.29 is 4.42 Å². The second kappa shape index (κ2) is 12.5. The van der Waals surface area contributed by atoms with Crippen LogP contribution in [-0.4, -0.2) is 6.85 Å². The molecule has 0 atom stereocenters. The molecular formula is C54H45BN2O. The fourth-order valence-corrected chi connectivity index (χ4v) is 9.59. The van der Waals surface area contributed by atoms with Crippen LogP contribution in [0, 0.1) is 0 Å². The van der Waals surface area contributed by atoms with E-state index in [9.17, 15) is 0 Å². The maximum atomic E-state index is 6.72. The Balaban J connectivity index is 1.30. The van der Waals surface area contributed by atoms with E-state index in [1.165, 1.54) is 72.1 Å². The predicted molar refractivity (Wildman–Crippen MR) is 248 cm³/mol. The van der Waals surface area contributed by atoms with Crippen molar-refractivity contribution >= 4 is 78.9 Å². The highest BCUT2D eigenvalue weighted by Crippen LogP contribution is 2.51. The number of anilines is 5. The number of benzene rings is 8. The third kappa shape index (κ3) is 5.21. The van der Waals surface area contributed by atoms with Crippen LogP contribution in [0.5, 0.6) is 0 Å². The minimum atomic E-state index is -0.122. The van der Waals surface area contributed by atoms with Gasteiger partial charge in [0.2, 0.25) is 0 Å². The van der Waals surface area contributed by atoms with Crippen LogP contribution < -0.4 is 20.6 Å². The molecule has 3 nitrogen and oxygen atoms in total. The molecule has 0 amide bonds. The van der Waals surface area contributed by atoms with Gasteiger partial charge in [0.25, 0.3) is 0 Å². The van der Waals surface area contributed by atoms with Gasteiger partial charge in [-0.3, -0.25) is 0 Å². The molecule has 0 unspecified atom stereocenters. The molecule has 0 bridgehead atoms. The quantitative estimate of drug-likeness (QED) is 0.168. The zero-order chi connectivity index (χ0) is 39.5. The van der Waals surface area contributed by atoms with Gasteiger partial charge in [-0.2, -0.15) is 0 Å². The molecule has 0 N–H and O–H groups in total. The first-order valence-electron chi connectivity index (χ1n) is 20.5. The van der Waals surface area contributed by atoms with Crippen molar-refractivity contribution in [3.63, 3.8) is 0 Å². The highest BCUT2D eigenvalue weighted by atomic mass is 16.3. The van der Waals surface area contributed by atoms with Gasteiger partial charge in [-0.1, -0.05) is 157 Å². The fraction of sp³-hybridized carbons (Fsp3) is 0.148. The van der Waals surface area contributed by atoms with Gasteiger partial charge < -0.3 is 14.1 Å². The number of rotatable bonds is 3. The summed E-state index contributed by atoms with van der Waals surface area (Å²) < 4.78 is 6.72. The Morgan fingerprint density at radius 2 is 1.14 bits per heavy atom. The summed E-state index contributed by atoms with van der Waals surface area (Å²) in [5.41, 5.74) is 17.8. The van der Waals surface area contributed by atoms with Gasteiger partial charge in [0, 0.05) is 50.7 Å². The lowest BCUT2D eigenvalue weighted by molar-refractivity contribution is 0.590. The molecule has 58 heavy (non-hydrogen) atoms. The van der Waals surface area contributed by atoms with E-state index < -0.39 is 0 Å². The van der Waals surface area contributed by atoms with E-state index in [-0.39, 0.29) is 17.7 Å². The Hall–Kier alpha value is -6.52. The van der Waals surface area contributed by atoms with Crippen LogP contribution in [-0.2, 0) is 10.8 Å². The van der Waals surface area contributed by atoms with Gasteiger partial charge in [-0.05, 0) is 97.2 Å². The minimum absolute atomic E-state index is 0.0255. The Morgan fingerprint density at radius 3 is 1.91 bits per heavy atom. The second-order valence-corrected chi connectivity index (χ2v) is 18.2. The summed E-state index contributed by atoms with van der Waals surface area (Å²) in [7, 11) is 0. The molecule has 280 valence electrons. The van der Waals surface area contributed by atoms with Gasteiger partial charge in [0.05, 0.1) is 5.69 Å². The molecule has 8 aromatic carbocycles. The van der Waals surface area contributed by atoms with E-state index in [4.69, 9.17) is 4.42 Å². The maximum Gasteiger partial charge on any atom is 0.333 e. The van der Waals surface area contributed by atoms with Crippen molar-refractivity contribution in [1.82, 2.24) is 0 Å². The molecule has 11 rings (SSSR count). The molecule has 4 heteroatoms. The lowest BCUT2D eigenvalue weighted by Gasteiger charge is -2.46. The topological polar surface area (TPSA) is 19.6 Å². The van der Waals surface area contributed by atoms with Crippen molar-refractivity contribution in [1.29, 1.82) is 0 Å². The van der Waals surface area contributed by atoms with Crippen LogP contribution in [0.1, 0.15) is 52.7 Å². The van der Waals surface area contributed by atoms with Crippen molar-refractivity contribution in [3.8, 4) is 22.3 Å². The predicted octanol–water partition coefficient (Wildman–Crippen LogP) is 13.7. The summed E-state index contributed by atoms with van der Waals surface area (Å²) >= 11 is 0. The zero-order valence-corrected chi connectivity index (χ0v) is 34.0. The summed E-state index contributed by atoms with van der Waals surface area (Å²) in [6.45, 7) is 13.6. The zero-order valence-electron chi connectivity index (χ0n) is 34.0. The van der Waals surface area contributed by atoms with Crippen LogP contribution in [0.25, 0.3) is 55.0 Å². The summed E-state index contributed by atoms with van der Waals surface area (Å²) in [4.78, 5) is 5.15. The van der Waals surface area contributed by atoms with Crippen molar-refractivity contribution in [2.45, 2.75) is 52.4 Å². The molecule has 0 radical (unpaired) electrons. The first kappa shape index (κ1) is 34.7. The molecule has 9 aromatic rings. The molecule has 0 fully saturated rings. The number of hydrogen-bond acceptors (Lipinski definition) is 3. The highest BCUT2D eigenvalue weighted by Gasteiger charge is 2.46. The summed E-state index contributed by atoms with van der Waals surface area (Å²) in [5, 5.41) is 4.76. The van der Waals surface area contributed by atoms with Crippen LogP contribution in [0.4, 0.5) is 28.4 Å². The number of furan rings is 1. The third-order valence-electron chi connectivity index (χ3n) is 12.5. The van der Waals surface area contributed by atoms with Crippen molar-refractivity contribution in [3.05, 3.63) is 175 Å². The Kier molecular flexibility index (Phi) is 7.48. The SMILES string of the molecule is CC(C)(C)c1ccc(N2B3c4cc5c(cc4N(c4ccc(C(C)(C)C)cc4-c4ccccc4)c4cc6ccccc6c(c43)-c3ccccc32)oc2ccccc25)cc1. The largest absolute Gasteiger partial charge is 0.456 e. The normalized spacial score (nSPS) is 13.6. The fourth-order valence-electron chi connectivity index (χ4n) is 9.59. The van der Waals surface area contributed by atoms with Gasteiger partial charge in [-0.25, -0.2) is 0 Å². The van der Waals surface area contributed by atoms with E-state index in [0.717, 1.165) is 33.3 Å². The highest BCUT2D eigenvalue weighted by molar-refractivity contribution is 6.94.